The third-order valence-corrected chi connectivity index (χ3v) is 6.33. The molecule has 0 bridgehead atoms. The van der Waals surface area contributed by atoms with Crippen LogP contribution in [0.5, 0.6) is 0 Å². The van der Waals surface area contributed by atoms with E-state index in [1.807, 2.05) is 12.1 Å². The van der Waals surface area contributed by atoms with Crippen molar-refractivity contribution in [1.29, 1.82) is 0 Å². The first-order chi connectivity index (χ1) is 15.8. The van der Waals surface area contributed by atoms with Gasteiger partial charge in [0.25, 0.3) is 0 Å². The van der Waals surface area contributed by atoms with Crippen molar-refractivity contribution in [2.24, 2.45) is 0 Å². The van der Waals surface area contributed by atoms with E-state index in [2.05, 4.69) is 26.2 Å². The lowest BCUT2D eigenvalue weighted by Crippen LogP contribution is -2.42. The van der Waals surface area contributed by atoms with Crippen molar-refractivity contribution < 1.29 is 18.0 Å². The van der Waals surface area contributed by atoms with Gasteiger partial charge in [-0.1, -0.05) is 11.6 Å². The number of halogens is 4. The summed E-state index contributed by atoms with van der Waals surface area (Å²) >= 11 is 7.45. The van der Waals surface area contributed by atoms with Crippen molar-refractivity contribution >= 4 is 40.3 Å². The third-order valence-electron chi connectivity index (χ3n) is 5.08. The molecule has 1 aliphatic rings. The van der Waals surface area contributed by atoms with Crippen LogP contribution in [0.3, 0.4) is 0 Å². The fourth-order valence-corrected chi connectivity index (χ4v) is 4.43. The molecule has 1 aliphatic heterocycles. The van der Waals surface area contributed by atoms with E-state index in [-0.39, 0.29) is 10.7 Å². The summed E-state index contributed by atoms with van der Waals surface area (Å²) in [5.74, 6) is 0. The quantitative estimate of drug-likeness (QED) is 0.435. The maximum atomic E-state index is 12.7. The van der Waals surface area contributed by atoms with Gasteiger partial charge in [0, 0.05) is 49.4 Å². The Bertz CT molecular complexity index is 1110. The lowest BCUT2D eigenvalue weighted by atomic mass is 10.2. The monoisotopic (exact) mass is 495 g/mol. The number of alkyl halides is 3. The highest BCUT2D eigenvalue weighted by Crippen LogP contribution is 2.34. The van der Waals surface area contributed by atoms with Gasteiger partial charge in [-0.3, -0.25) is 4.90 Å². The predicted octanol–water partition coefficient (Wildman–Crippen LogP) is 5.53. The van der Waals surface area contributed by atoms with Gasteiger partial charge >= 0.3 is 12.2 Å². The maximum absolute atomic E-state index is 12.7. The SMILES string of the molecule is O=C(Nc1ccc(-c2nc(CN3CCNCC3)cs2)cc1)Nc1ccc(C(F)(F)F)cc1Cl. The first-order valence-electron chi connectivity index (χ1n) is 10.2. The molecule has 0 aliphatic carbocycles. The summed E-state index contributed by atoms with van der Waals surface area (Å²) < 4.78 is 38.2. The van der Waals surface area contributed by atoms with Crippen LogP contribution in [0, 0.1) is 0 Å². The number of hydrogen-bond donors (Lipinski definition) is 3. The van der Waals surface area contributed by atoms with Crippen LogP contribution >= 0.6 is 22.9 Å². The molecule has 2 amide bonds. The number of thiazole rings is 1. The van der Waals surface area contributed by atoms with E-state index in [1.165, 1.54) is 0 Å². The van der Waals surface area contributed by atoms with Crippen molar-refractivity contribution in [2.45, 2.75) is 12.7 Å². The summed E-state index contributed by atoms with van der Waals surface area (Å²) in [4.78, 5) is 19.3. The lowest BCUT2D eigenvalue weighted by molar-refractivity contribution is -0.137. The standard InChI is InChI=1S/C22H21ClF3N5OS/c23-18-11-15(22(24,25)26)3-6-19(18)30-21(32)29-16-4-1-14(2-5-16)20-28-17(13-33-20)12-31-9-7-27-8-10-31/h1-6,11,13,27H,7-10,12H2,(H2,29,30,32). The van der Waals surface area contributed by atoms with Gasteiger partial charge in [-0.05, 0) is 42.5 Å². The Morgan fingerprint density at radius 2 is 1.85 bits per heavy atom. The fraction of sp³-hybridized carbons (Fsp3) is 0.273. The second-order valence-electron chi connectivity index (χ2n) is 7.52. The molecular weight excluding hydrogens is 475 g/mol. The van der Waals surface area contributed by atoms with Gasteiger partial charge in [0.15, 0.2) is 0 Å². The molecule has 0 spiro atoms. The predicted molar refractivity (Wildman–Crippen MR) is 125 cm³/mol. The largest absolute Gasteiger partial charge is 0.416 e. The minimum Gasteiger partial charge on any atom is -0.314 e. The molecule has 3 N–H and O–H groups in total. The number of carbonyl (C=O) groups excluding carboxylic acids is 1. The van der Waals surface area contributed by atoms with Gasteiger partial charge in [-0.25, -0.2) is 9.78 Å². The van der Waals surface area contributed by atoms with Crippen LogP contribution in [-0.4, -0.2) is 42.1 Å². The van der Waals surface area contributed by atoms with Crippen LogP contribution in [0.4, 0.5) is 29.3 Å². The molecule has 1 aromatic heterocycles. The Labute approximate surface area is 197 Å². The zero-order valence-corrected chi connectivity index (χ0v) is 18.9. The van der Waals surface area contributed by atoms with Gasteiger partial charge in [-0.15, -0.1) is 11.3 Å². The topological polar surface area (TPSA) is 69.3 Å². The van der Waals surface area contributed by atoms with Crippen LogP contribution in [0.2, 0.25) is 5.02 Å². The molecule has 2 aromatic carbocycles. The van der Waals surface area contributed by atoms with Crippen molar-refractivity contribution in [1.82, 2.24) is 15.2 Å². The molecular formula is C22H21ClF3N5OS. The Balaban J connectivity index is 1.34. The number of benzene rings is 2. The average molecular weight is 496 g/mol. The number of urea groups is 1. The van der Waals surface area contributed by atoms with Crippen LogP contribution in [0.1, 0.15) is 11.3 Å². The molecule has 4 rings (SSSR count). The Morgan fingerprint density at radius 1 is 1.12 bits per heavy atom. The van der Waals surface area contributed by atoms with Gasteiger partial charge in [0.2, 0.25) is 0 Å². The number of nitrogens with one attached hydrogen (secondary N) is 3. The number of piperazine rings is 1. The maximum Gasteiger partial charge on any atom is 0.416 e. The molecule has 0 saturated carbocycles. The fourth-order valence-electron chi connectivity index (χ4n) is 3.38. The molecule has 1 fully saturated rings. The molecule has 0 radical (unpaired) electrons. The van der Waals surface area contributed by atoms with E-state index >= 15 is 0 Å². The Morgan fingerprint density at radius 3 is 2.52 bits per heavy atom. The molecule has 0 unspecified atom stereocenters. The van der Waals surface area contributed by atoms with Crippen LogP contribution in [0.25, 0.3) is 10.6 Å². The average Bonchev–Trinajstić information content (AvgIpc) is 3.24. The second kappa shape index (κ2) is 10.1. The molecule has 2 heterocycles. The number of anilines is 2. The van der Waals surface area contributed by atoms with Crippen LogP contribution in [0.15, 0.2) is 47.8 Å². The normalized spacial score (nSPS) is 14.8. The number of rotatable bonds is 5. The van der Waals surface area contributed by atoms with E-state index in [1.54, 1.807) is 23.5 Å². The highest BCUT2D eigenvalue weighted by atomic mass is 35.5. The zero-order valence-electron chi connectivity index (χ0n) is 17.4. The van der Waals surface area contributed by atoms with Crippen LogP contribution < -0.4 is 16.0 Å². The summed E-state index contributed by atoms with van der Waals surface area (Å²) in [7, 11) is 0. The number of hydrogen-bond acceptors (Lipinski definition) is 5. The molecule has 0 atom stereocenters. The van der Waals surface area contributed by atoms with E-state index in [0.717, 1.165) is 67.2 Å². The molecule has 33 heavy (non-hydrogen) atoms. The number of amides is 2. The first-order valence-corrected chi connectivity index (χ1v) is 11.5. The molecule has 1 saturated heterocycles. The molecule has 11 heteroatoms. The number of carbonyl (C=O) groups is 1. The lowest BCUT2D eigenvalue weighted by Gasteiger charge is -2.26. The van der Waals surface area contributed by atoms with Crippen molar-refractivity contribution in [3.05, 3.63) is 64.1 Å². The molecule has 174 valence electrons. The van der Waals surface area contributed by atoms with E-state index in [9.17, 15) is 18.0 Å². The van der Waals surface area contributed by atoms with Crippen molar-refractivity contribution in [3.8, 4) is 10.6 Å². The van der Waals surface area contributed by atoms with E-state index in [4.69, 9.17) is 16.6 Å². The summed E-state index contributed by atoms with van der Waals surface area (Å²) in [6, 6.07) is 9.33. The van der Waals surface area contributed by atoms with Gasteiger partial charge in [-0.2, -0.15) is 13.2 Å². The third kappa shape index (κ3) is 6.23. The van der Waals surface area contributed by atoms with E-state index < -0.39 is 17.8 Å². The summed E-state index contributed by atoms with van der Waals surface area (Å²) in [5, 5.41) is 11.2. The highest BCUT2D eigenvalue weighted by molar-refractivity contribution is 7.13. The number of aromatic nitrogens is 1. The smallest absolute Gasteiger partial charge is 0.314 e. The Kier molecular flexibility index (Phi) is 7.18. The van der Waals surface area contributed by atoms with Crippen LogP contribution in [-0.2, 0) is 12.7 Å². The second-order valence-corrected chi connectivity index (χ2v) is 8.78. The summed E-state index contributed by atoms with van der Waals surface area (Å²) in [6.45, 7) is 4.82. The highest BCUT2D eigenvalue weighted by Gasteiger charge is 2.31. The van der Waals surface area contributed by atoms with Gasteiger partial charge < -0.3 is 16.0 Å². The number of nitrogens with zero attached hydrogens (tertiary/aromatic N) is 2. The van der Waals surface area contributed by atoms with Gasteiger partial charge in [0.05, 0.1) is 22.0 Å². The minimum atomic E-state index is -4.50. The first kappa shape index (κ1) is 23.5. The van der Waals surface area contributed by atoms with E-state index in [0.29, 0.717) is 5.69 Å². The van der Waals surface area contributed by atoms with Crippen molar-refractivity contribution in [3.63, 3.8) is 0 Å². The summed E-state index contributed by atoms with van der Waals surface area (Å²) in [6.07, 6.45) is -4.50. The molecule has 6 nitrogen and oxygen atoms in total. The molecule has 3 aromatic rings. The minimum absolute atomic E-state index is 0.0820. The van der Waals surface area contributed by atoms with Gasteiger partial charge in [0.1, 0.15) is 5.01 Å². The Hall–Kier alpha value is -2.66. The van der Waals surface area contributed by atoms with Crippen molar-refractivity contribution in [2.75, 3.05) is 36.8 Å². The zero-order chi connectivity index (χ0) is 23.4. The summed E-state index contributed by atoms with van der Waals surface area (Å²) in [5.41, 5.74) is 1.69.